The van der Waals surface area contributed by atoms with Crippen molar-refractivity contribution < 1.29 is 9.53 Å². The molecule has 6 heteroatoms. The van der Waals surface area contributed by atoms with Crippen LogP contribution in [0.3, 0.4) is 0 Å². The quantitative estimate of drug-likeness (QED) is 0.684. The molecule has 2 heterocycles. The predicted molar refractivity (Wildman–Crippen MR) is 89.4 cm³/mol. The number of hydrogen-bond donors (Lipinski definition) is 0. The summed E-state index contributed by atoms with van der Waals surface area (Å²) in [4.78, 5) is 16.5. The van der Waals surface area contributed by atoms with E-state index < -0.39 is 0 Å². The Kier molecular flexibility index (Phi) is 4.13. The predicted octanol–water partition coefficient (Wildman–Crippen LogP) is 3.83. The number of esters is 1. The Labute approximate surface area is 137 Å². The van der Waals surface area contributed by atoms with E-state index in [-0.39, 0.29) is 5.97 Å². The molecule has 3 rings (SSSR count). The molecule has 0 spiro atoms. The summed E-state index contributed by atoms with van der Waals surface area (Å²) in [6.45, 7) is 4.96. The van der Waals surface area contributed by atoms with Crippen LogP contribution in [0.4, 0.5) is 0 Å². The zero-order chi connectivity index (χ0) is 16.4. The molecule has 2 aromatic heterocycles. The highest BCUT2D eigenvalue weighted by atomic mass is 32.1. The number of aromatic nitrogens is 2. The SMILES string of the molecule is CCOC(=O)c1cnc(-c2ccc3c(c2)c(C#N)cn3CC)s1. The van der Waals surface area contributed by atoms with Crippen LogP contribution in [-0.4, -0.2) is 22.1 Å². The maximum absolute atomic E-state index is 11.7. The molecule has 0 aliphatic heterocycles. The number of rotatable bonds is 4. The number of benzene rings is 1. The normalized spacial score (nSPS) is 10.7. The summed E-state index contributed by atoms with van der Waals surface area (Å²) in [5.41, 5.74) is 2.56. The molecule has 0 fully saturated rings. The number of ether oxygens (including phenoxy) is 1. The molecule has 0 N–H and O–H groups in total. The lowest BCUT2D eigenvalue weighted by atomic mass is 10.1. The second-order valence-corrected chi connectivity index (χ2v) is 5.95. The third-order valence-corrected chi connectivity index (χ3v) is 4.60. The summed E-state index contributed by atoms with van der Waals surface area (Å²) >= 11 is 1.29. The standard InChI is InChI=1S/C17H15N3O2S/c1-3-20-10-12(8-18)13-7-11(5-6-14(13)20)16-19-9-15(23-16)17(21)22-4-2/h5-7,9-10H,3-4H2,1-2H3. The van der Waals surface area contributed by atoms with Gasteiger partial charge in [-0.05, 0) is 32.0 Å². The van der Waals surface area contributed by atoms with Gasteiger partial charge < -0.3 is 9.30 Å². The Morgan fingerprint density at radius 3 is 2.96 bits per heavy atom. The van der Waals surface area contributed by atoms with Gasteiger partial charge in [-0.2, -0.15) is 5.26 Å². The fraction of sp³-hybridized carbons (Fsp3) is 0.235. The molecule has 0 unspecified atom stereocenters. The van der Waals surface area contributed by atoms with E-state index >= 15 is 0 Å². The smallest absolute Gasteiger partial charge is 0.349 e. The topological polar surface area (TPSA) is 67.9 Å². The van der Waals surface area contributed by atoms with E-state index in [0.29, 0.717) is 17.0 Å². The Morgan fingerprint density at radius 1 is 1.43 bits per heavy atom. The number of nitriles is 1. The van der Waals surface area contributed by atoms with E-state index in [2.05, 4.69) is 11.1 Å². The molecule has 0 aliphatic carbocycles. The van der Waals surface area contributed by atoms with Gasteiger partial charge in [-0.25, -0.2) is 9.78 Å². The Balaban J connectivity index is 2.04. The number of carbonyl (C=O) groups is 1. The molecule has 0 amide bonds. The second-order valence-electron chi connectivity index (χ2n) is 4.92. The van der Waals surface area contributed by atoms with E-state index in [4.69, 9.17) is 4.74 Å². The molecule has 3 aromatic rings. The van der Waals surface area contributed by atoms with Crippen molar-refractivity contribution in [3.05, 3.63) is 41.0 Å². The van der Waals surface area contributed by atoms with E-state index in [1.807, 2.05) is 35.9 Å². The third kappa shape index (κ3) is 2.71. The average molecular weight is 325 g/mol. The zero-order valence-corrected chi connectivity index (χ0v) is 13.7. The minimum Gasteiger partial charge on any atom is -0.462 e. The number of aryl methyl sites for hydroxylation is 1. The summed E-state index contributed by atoms with van der Waals surface area (Å²) < 4.78 is 7.03. The van der Waals surface area contributed by atoms with Crippen LogP contribution in [-0.2, 0) is 11.3 Å². The highest BCUT2D eigenvalue weighted by Gasteiger charge is 2.14. The fourth-order valence-corrected chi connectivity index (χ4v) is 3.29. The van der Waals surface area contributed by atoms with Gasteiger partial charge in [0.25, 0.3) is 0 Å². The van der Waals surface area contributed by atoms with Crippen molar-refractivity contribution in [2.75, 3.05) is 6.61 Å². The maximum atomic E-state index is 11.7. The number of carbonyl (C=O) groups excluding carboxylic acids is 1. The van der Waals surface area contributed by atoms with Crippen LogP contribution >= 0.6 is 11.3 Å². The van der Waals surface area contributed by atoms with Gasteiger partial charge in [-0.3, -0.25) is 0 Å². The minimum atomic E-state index is -0.354. The van der Waals surface area contributed by atoms with E-state index in [1.165, 1.54) is 17.5 Å². The van der Waals surface area contributed by atoms with Crippen molar-refractivity contribution in [3.8, 4) is 16.6 Å². The lowest BCUT2D eigenvalue weighted by molar-refractivity contribution is 0.0532. The first-order valence-electron chi connectivity index (χ1n) is 7.34. The van der Waals surface area contributed by atoms with Crippen molar-refractivity contribution in [3.63, 3.8) is 0 Å². The highest BCUT2D eigenvalue weighted by molar-refractivity contribution is 7.16. The van der Waals surface area contributed by atoms with Gasteiger partial charge in [0, 0.05) is 29.2 Å². The van der Waals surface area contributed by atoms with Gasteiger partial charge in [0.05, 0.1) is 18.4 Å². The first kappa shape index (κ1) is 15.3. The molecule has 1 aromatic carbocycles. The van der Waals surface area contributed by atoms with Crippen LogP contribution in [0.2, 0.25) is 0 Å². The van der Waals surface area contributed by atoms with E-state index in [0.717, 1.165) is 28.0 Å². The molecule has 23 heavy (non-hydrogen) atoms. The van der Waals surface area contributed by atoms with Crippen LogP contribution in [0.5, 0.6) is 0 Å². The van der Waals surface area contributed by atoms with E-state index in [1.54, 1.807) is 6.92 Å². The molecule has 0 radical (unpaired) electrons. The largest absolute Gasteiger partial charge is 0.462 e. The van der Waals surface area contributed by atoms with Crippen LogP contribution in [0.1, 0.15) is 29.1 Å². The average Bonchev–Trinajstić information content (AvgIpc) is 3.19. The number of hydrogen-bond acceptors (Lipinski definition) is 5. The second kappa shape index (κ2) is 6.23. The molecule has 5 nitrogen and oxygen atoms in total. The third-order valence-electron chi connectivity index (χ3n) is 3.57. The lowest BCUT2D eigenvalue weighted by Crippen LogP contribution is -2.01. The van der Waals surface area contributed by atoms with Crippen molar-refractivity contribution in [2.24, 2.45) is 0 Å². The highest BCUT2D eigenvalue weighted by Crippen LogP contribution is 2.30. The zero-order valence-electron chi connectivity index (χ0n) is 12.9. The van der Waals surface area contributed by atoms with Crippen molar-refractivity contribution in [1.82, 2.24) is 9.55 Å². The van der Waals surface area contributed by atoms with Crippen molar-refractivity contribution >= 4 is 28.2 Å². The monoisotopic (exact) mass is 325 g/mol. The van der Waals surface area contributed by atoms with Gasteiger partial charge in [0.15, 0.2) is 0 Å². The maximum Gasteiger partial charge on any atom is 0.349 e. The van der Waals surface area contributed by atoms with Crippen LogP contribution < -0.4 is 0 Å². The lowest BCUT2D eigenvalue weighted by Gasteiger charge is -2.01. The molecular weight excluding hydrogens is 310 g/mol. The van der Waals surface area contributed by atoms with Crippen molar-refractivity contribution in [2.45, 2.75) is 20.4 Å². The molecule has 0 aliphatic rings. The molecule has 0 atom stereocenters. The molecule has 0 bridgehead atoms. The first-order chi connectivity index (χ1) is 11.2. The molecule has 0 saturated carbocycles. The number of nitrogens with zero attached hydrogens (tertiary/aromatic N) is 3. The van der Waals surface area contributed by atoms with Crippen LogP contribution in [0.15, 0.2) is 30.6 Å². The van der Waals surface area contributed by atoms with Gasteiger partial charge in [-0.15, -0.1) is 11.3 Å². The van der Waals surface area contributed by atoms with Gasteiger partial charge in [0.1, 0.15) is 16.0 Å². The molecule has 0 saturated heterocycles. The summed E-state index contributed by atoms with van der Waals surface area (Å²) in [5.74, 6) is -0.354. The Hall–Kier alpha value is -2.65. The summed E-state index contributed by atoms with van der Waals surface area (Å²) in [6.07, 6.45) is 3.39. The first-order valence-corrected chi connectivity index (χ1v) is 8.15. The fourth-order valence-electron chi connectivity index (χ4n) is 2.49. The number of fused-ring (bicyclic) bond motifs is 1. The Bertz CT molecular complexity index is 918. The van der Waals surface area contributed by atoms with E-state index in [9.17, 15) is 10.1 Å². The number of thiazole rings is 1. The molecular formula is C17H15N3O2S. The van der Waals surface area contributed by atoms with Gasteiger partial charge in [-0.1, -0.05) is 0 Å². The van der Waals surface area contributed by atoms with Crippen LogP contribution in [0.25, 0.3) is 21.5 Å². The summed E-state index contributed by atoms with van der Waals surface area (Å²) in [7, 11) is 0. The minimum absolute atomic E-state index is 0.341. The van der Waals surface area contributed by atoms with Crippen LogP contribution in [0, 0.1) is 11.3 Å². The van der Waals surface area contributed by atoms with Gasteiger partial charge in [0.2, 0.25) is 0 Å². The van der Waals surface area contributed by atoms with Gasteiger partial charge >= 0.3 is 5.97 Å². The summed E-state index contributed by atoms with van der Waals surface area (Å²) in [5, 5.41) is 10.9. The molecule has 116 valence electrons. The van der Waals surface area contributed by atoms with Crippen molar-refractivity contribution in [1.29, 1.82) is 5.26 Å². The Morgan fingerprint density at radius 2 is 2.26 bits per heavy atom. The summed E-state index contributed by atoms with van der Waals surface area (Å²) in [6, 6.07) is 8.13.